The Morgan fingerprint density at radius 3 is 3.00 bits per heavy atom. The van der Waals surface area contributed by atoms with Crippen molar-refractivity contribution in [3.63, 3.8) is 0 Å². The van der Waals surface area contributed by atoms with Crippen LogP contribution in [0, 0.1) is 0 Å². The molecule has 0 aliphatic rings. The van der Waals surface area contributed by atoms with Crippen molar-refractivity contribution in [2.75, 3.05) is 18.2 Å². The molecule has 0 aliphatic heterocycles. The topological polar surface area (TPSA) is 106 Å². The summed E-state index contributed by atoms with van der Waals surface area (Å²) in [5.41, 5.74) is 7.34. The number of amides is 1. The van der Waals surface area contributed by atoms with Crippen molar-refractivity contribution in [2.45, 2.75) is 12.8 Å². The molecule has 0 spiro atoms. The summed E-state index contributed by atoms with van der Waals surface area (Å²) in [5, 5.41) is 8.81. The maximum Gasteiger partial charge on any atom is 0.227 e. The van der Waals surface area contributed by atoms with Gasteiger partial charge in [-0.25, -0.2) is 5.10 Å². The third kappa shape index (κ3) is 3.44. The Balaban J connectivity index is 1.88. The Morgan fingerprint density at radius 2 is 2.37 bits per heavy atom. The number of carbonyl (C=O) groups is 1. The Bertz CT molecular complexity index is 553. The predicted molar refractivity (Wildman–Crippen MR) is 70.7 cm³/mol. The number of anilines is 2. The minimum Gasteiger partial charge on any atom is -0.495 e. The molecule has 2 rings (SSSR count). The molecule has 19 heavy (non-hydrogen) atoms. The minimum absolute atomic E-state index is 0.133. The normalized spacial score (nSPS) is 10.2. The van der Waals surface area contributed by atoms with Crippen molar-refractivity contribution in [2.24, 2.45) is 0 Å². The molecule has 0 saturated carbocycles. The van der Waals surface area contributed by atoms with E-state index < -0.39 is 0 Å². The van der Waals surface area contributed by atoms with Gasteiger partial charge in [-0.15, -0.1) is 0 Å². The smallest absolute Gasteiger partial charge is 0.227 e. The van der Waals surface area contributed by atoms with Crippen LogP contribution >= 0.6 is 0 Å². The monoisotopic (exact) mass is 261 g/mol. The number of nitrogens with zero attached hydrogens (tertiary/aromatic N) is 2. The standard InChI is InChI=1S/C12H15N5O2/c1-19-10-4-2-8(6-9(10)13)3-5-11(18)16-12-14-7-15-17-12/h2,4,6-7H,3,5,13H2,1H3,(H2,14,15,16,17,18). The van der Waals surface area contributed by atoms with Crippen molar-refractivity contribution >= 4 is 17.5 Å². The maximum absolute atomic E-state index is 11.6. The fourth-order valence-corrected chi connectivity index (χ4v) is 1.66. The van der Waals surface area contributed by atoms with Crippen LogP contribution in [0.2, 0.25) is 0 Å². The molecule has 1 heterocycles. The van der Waals surface area contributed by atoms with Gasteiger partial charge in [-0.05, 0) is 24.1 Å². The molecule has 100 valence electrons. The lowest BCUT2D eigenvalue weighted by Gasteiger charge is -2.07. The number of ether oxygens (including phenoxy) is 1. The van der Waals surface area contributed by atoms with Crippen LogP contribution in [0.3, 0.4) is 0 Å². The van der Waals surface area contributed by atoms with E-state index in [1.165, 1.54) is 6.33 Å². The molecule has 7 heteroatoms. The summed E-state index contributed by atoms with van der Waals surface area (Å²) in [7, 11) is 1.57. The Hall–Kier alpha value is -2.57. The molecule has 4 N–H and O–H groups in total. The molecular formula is C12H15N5O2. The fourth-order valence-electron chi connectivity index (χ4n) is 1.66. The SMILES string of the molecule is COc1ccc(CCC(=O)Nc2ncn[nH]2)cc1N. The number of carbonyl (C=O) groups excluding carboxylic acids is 1. The number of nitrogen functional groups attached to an aromatic ring is 1. The summed E-state index contributed by atoms with van der Waals surface area (Å²) >= 11 is 0. The van der Waals surface area contributed by atoms with Crippen LogP contribution in [0.5, 0.6) is 5.75 Å². The van der Waals surface area contributed by atoms with Crippen LogP contribution in [0.15, 0.2) is 24.5 Å². The summed E-state index contributed by atoms with van der Waals surface area (Å²) < 4.78 is 5.07. The van der Waals surface area contributed by atoms with Crippen LogP contribution in [-0.2, 0) is 11.2 Å². The van der Waals surface area contributed by atoms with Crippen molar-refractivity contribution < 1.29 is 9.53 Å². The number of aromatic amines is 1. The highest BCUT2D eigenvalue weighted by Gasteiger charge is 2.06. The van der Waals surface area contributed by atoms with Gasteiger partial charge in [-0.1, -0.05) is 6.07 Å². The number of aromatic nitrogens is 3. The van der Waals surface area contributed by atoms with Gasteiger partial charge in [0.2, 0.25) is 11.9 Å². The number of nitrogens with one attached hydrogen (secondary N) is 2. The van der Waals surface area contributed by atoms with Crippen LogP contribution in [0.1, 0.15) is 12.0 Å². The highest BCUT2D eigenvalue weighted by molar-refractivity contribution is 5.88. The quantitative estimate of drug-likeness (QED) is 0.695. The van der Waals surface area contributed by atoms with Crippen LogP contribution in [0.4, 0.5) is 11.6 Å². The second-order valence-electron chi connectivity index (χ2n) is 3.96. The van der Waals surface area contributed by atoms with Gasteiger partial charge < -0.3 is 10.5 Å². The average Bonchev–Trinajstić information content (AvgIpc) is 2.89. The van der Waals surface area contributed by atoms with Crippen LogP contribution in [-0.4, -0.2) is 28.2 Å². The number of aryl methyl sites for hydroxylation is 1. The van der Waals surface area contributed by atoms with E-state index in [0.717, 1.165) is 5.56 Å². The van der Waals surface area contributed by atoms with Gasteiger partial charge in [0.1, 0.15) is 12.1 Å². The summed E-state index contributed by atoms with van der Waals surface area (Å²) in [5.74, 6) is 0.847. The van der Waals surface area contributed by atoms with Crippen LogP contribution in [0.25, 0.3) is 0 Å². The van der Waals surface area contributed by atoms with E-state index in [0.29, 0.717) is 30.2 Å². The molecule has 2 aromatic rings. The van der Waals surface area contributed by atoms with E-state index in [-0.39, 0.29) is 5.91 Å². The average molecular weight is 261 g/mol. The fraction of sp³-hybridized carbons (Fsp3) is 0.250. The number of nitrogens with two attached hydrogens (primary N) is 1. The molecule has 0 radical (unpaired) electrons. The van der Waals surface area contributed by atoms with Gasteiger partial charge in [0, 0.05) is 6.42 Å². The van der Waals surface area contributed by atoms with Crippen molar-refractivity contribution in [1.29, 1.82) is 0 Å². The lowest BCUT2D eigenvalue weighted by Crippen LogP contribution is -2.13. The van der Waals surface area contributed by atoms with Gasteiger partial charge >= 0.3 is 0 Å². The van der Waals surface area contributed by atoms with E-state index in [4.69, 9.17) is 10.5 Å². The summed E-state index contributed by atoms with van der Waals surface area (Å²) in [6.07, 6.45) is 2.26. The van der Waals surface area contributed by atoms with Gasteiger partial charge in [-0.2, -0.15) is 10.1 Å². The minimum atomic E-state index is -0.133. The molecule has 0 saturated heterocycles. The molecule has 1 amide bonds. The zero-order chi connectivity index (χ0) is 13.7. The predicted octanol–water partition coefficient (Wildman–Crippen LogP) is 0.967. The number of methoxy groups -OCH3 is 1. The number of rotatable bonds is 5. The molecule has 0 aliphatic carbocycles. The van der Waals surface area contributed by atoms with E-state index in [2.05, 4.69) is 20.5 Å². The number of hydrogen-bond acceptors (Lipinski definition) is 5. The lowest BCUT2D eigenvalue weighted by atomic mass is 10.1. The number of hydrogen-bond donors (Lipinski definition) is 3. The highest BCUT2D eigenvalue weighted by Crippen LogP contribution is 2.22. The Morgan fingerprint density at radius 1 is 1.53 bits per heavy atom. The first-order valence-electron chi connectivity index (χ1n) is 5.76. The van der Waals surface area contributed by atoms with Crippen molar-refractivity contribution in [3.8, 4) is 5.75 Å². The summed E-state index contributed by atoms with van der Waals surface area (Å²) in [6, 6.07) is 5.48. The van der Waals surface area contributed by atoms with Gasteiger partial charge in [0.15, 0.2) is 0 Å². The first-order valence-corrected chi connectivity index (χ1v) is 5.76. The van der Waals surface area contributed by atoms with Crippen molar-refractivity contribution in [3.05, 3.63) is 30.1 Å². The Kier molecular flexibility index (Phi) is 3.97. The molecule has 0 fully saturated rings. The Labute approximate surface area is 110 Å². The van der Waals surface area contributed by atoms with Crippen LogP contribution < -0.4 is 15.8 Å². The third-order valence-electron chi connectivity index (χ3n) is 2.61. The third-order valence-corrected chi connectivity index (χ3v) is 2.61. The first kappa shape index (κ1) is 12.9. The van der Waals surface area contributed by atoms with E-state index >= 15 is 0 Å². The summed E-state index contributed by atoms with van der Waals surface area (Å²) in [6.45, 7) is 0. The first-order chi connectivity index (χ1) is 9.19. The second kappa shape index (κ2) is 5.85. The second-order valence-corrected chi connectivity index (χ2v) is 3.96. The molecule has 0 bridgehead atoms. The highest BCUT2D eigenvalue weighted by atomic mass is 16.5. The lowest BCUT2D eigenvalue weighted by molar-refractivity contribution is -0.116. The van der Waals surface area contributed by atoms with Gasteiger partial charge in [-0.3, -0.25) is 10.1 Å². The summed E-state index contributed by atoms with van der Waals surface area (Å²) in [4.78, 5) is 15.4. The molecule has 0 unspecified atom stereocenters. The number of benzene rings is 1. The molecule has 0 atom stereocenters. The van der Waals surface area contributed by atoms with E-state index in [9.17, 15) is 4.79 Å². The van der Waals surface area contributed by atoms with Gasteiger partial charge in [0.25, 0.3) is 0 Å². The molecule has 1 aromatic carbocycles. The van der Waals surface area contributed by atoms with E-state index in [1.54, 1.807) is 19.2 Å². The zero-order valence-electron chi connectivity index (χ0n) is 10.5. The molecule has 1 aromatic heterocycles. The van der Waals surface area contributed by atoms with E-state index in [1.807, 2.05) is 6.07 Å². The molecule has 7 nitrogen and oxygen atoms in total. The van der Waals surface area contributed by atoms with Crippen molar-refractivity contribution in [1.82, 2.24) is 15.2 Å². The maximum atomic E-state index is 11.6. The largest absolute Gasteiger partial charge is 0.495 e. The van der Waals surface area contributed by atoms with Gasteiger partial charge in [0.05, 0.1) is 12.8 Å². The zero-order valence-corrected chi connectivity index (χ0v) is 10.5. The number of H-pyrrole nitrogens is 1. The molecular weight excluding hydrogens is 246 g/mol.